The Morgan fingerprint density at radius 2 is 2.00 bits per heavy atom. The average Bonchev–Trinajstić information content (AvgIpc) is 3.22. The van der Waals surface area contributed by atoms with E-state index in [9.17, 15) is 8.42 Å². The molecule has 4 heterocycles. The summed E-state index contributed by atoms with van der Waals surface area (Å²) in [4.78, 5) is 8.68. The first-order valence-corrected chi connectivity index (χ1v) is 10.2. The molecule has 0 saturated carbocycles. The molecule has 4 rings (SSSR count). The third-order valence-corrected chi connectivity index (χ3v) is 6.60. The molecule has 1 aliphatic heterocycles. The van der Waals surface area contributed by atoms with Crippen LogP contribution in [0.15, 0.2) is 35.5 Å². The molecule has 0 amide bonds. The lowest BCUT2D eigenvalue weighted by molar-refractivity contribution is 0.214. The minimum atomic E-state index is -3.63. The second kappa shape index (κ2) is 6.58. The molecule has 3 aromatic rings. The van der Waals surface area contributed by atoms with Gasteiger partial charge in [0.25, 0.3) is 0 Å². The number of rotatable bonds is 4. The van der Waals surface area contributed by atoms with Gasteiger partial charge in [-0.15, -0.1) is 0 Å². The van der Waals surface area contributed by atoms with Crippen molar-refractivity contribution in [2.45, 2.75) is 31.3 Å². The molecule has 9 heteroatoms. The van der Waals surface area contributed by atoms with Crippen molar-refractivity contribution < 1.29 is 13.2 Å². The summed E-state index contributed by atoms with van der Waals surface area (Å²) < 4.78 is 35.0. The fourth-order valence-electron chi connectivity index (χ4n) is 3.31. The lowest BCUT2D eigenvalue weighted by Gasteiger charge is -2.17. The van der Waals surface area contributed by atoms with Crippen molar-refractivity contribution in [1.29, 1.82) is 0 Å². The topological polar surface area (TPSA) is 90.2 Å². The van der Waals surface area contributed by atoms with Gasteiger partial charge in [0, 0.05) is 30.9 Å². The minimum absolute atomic E-state index is 0.184. The first-order valence-electron chi connectivity index (χ1n) is 8.73. The first kappa shape index (κ1) is 17.9. The summed E-state index contributed by atoms with van der Waals surface area (Å²) in [7, 11) is -1.84. The van der Waals surface area contributed by atoms with Gasteiger partial charge in [-0.25, -0.2) is 13.4 Å². The van der Waals surface area contributed by atoms with Crippen molar-refractivity contribution in [3.63, 3.8) is 0 Å². The fraction of sp³-hybridized carbons (Fsp3) is 0.389. The minimum Gasteiger partial charge on any atom is -0.487 e. The van der Waals surface area contributed by atoms with Gasteiger partial charge in [-0.2, -0.15) is 9.40 Å². The molecule has 0 N–H and O–H groups in total. The molecule has 0 bridgehead atoms. The van der Waals surface area contributed by atoms with E-state index in [1.165, 1.54) is 10.5 Å². The first-order chi connectivity index (χ1) is 12.8. The van der Waals surface area contributed by atoms with Gasteiger partial charge in [-0.05, 0) is 38.5 Å². The van der Waals surface area contributed by atoms with E-state index in [1.807, 2.05) is 26.0 Å². The van der Waals surface area contributed by atoms with Crippen LogP contribution in [0.4, 0.5) is 0 Å². The molecule has 0 aromatic carbocycles. The van der Waals surface area contributed by atoms with Crippen molar-refractivity contribution in [3.05, 3.63) is 42.0 Å². The van der Waals surface area contributed by atoms with Gasteiger partial charge in [0.2, 0.25) is 10.0 Å². The summed E-state index contributed by atoms with van der Waals surface area (Å²) in [6.45, 7) is 4.47. The molecule has 0 unspecified atom stereocenters. The molecular weight excluding hydrogens is 366 g/mol. The zero-order valence-corrected chi connectivity index (χ0v) is 16.3. The third-order valence-electron chi connectivity index (χ3n) is 4.77. The number of sulfonamides is 1. The molecule has 8 nitrogen and oxygen atoms in total. The number of aryl methyl sites for hydroxylation is 3. The summed E-state index contributed by atoms with van der Waals surface area (Å²) in [5.74, 6) is 0.652. The second-order valence-electron chi connectivity index (χ2n) is 6.78. The van der Waals surface area contributed by atoms with Gasteiger partial charge >= 0.3 is 0 Å². The molecule has 0 aliphatic carbocycles. The van der Waals surface area contributed by atoms with Crippen LogP contribution in [0.3, 0.4) is 0 Å². The number of nitrogens with zero attached hydrogens (tertiary/aromatic N) is 5. The number of fused-ring (bicyclic) bond motifs is 1. The van der Waals surface area contributed by atoms with Crippen LogP contribution in [0.2, 0.25) is 0 Å². The molecule has 142 valence electrons. The van der Waals surface area contributed by atoms with Gasteiger partial charge in [-0.1, -0.05) is 0 Å². The Kier molecular flexibility index (Phi) is 4.35. The summed E-state index contributed by atoms with van der Waals surface area (Å²) in [6.07, 6.45) is 3.50. The van der Waals surface area contributed by atoms with Crippen LogP contribution in [-0.4, -0.2) is 51.7 Å². The zero-order valence-electron chi connectivity index (χ0n) is 15.5. The van der Waals surface area contributed by atoms with Crippen LogP contribution in [0, 0.1) is 13.8 Å². The molecule has 1 atom stereocenters. The number of ether oxygens (including phenoxy) is 1. The highest BCUT2D eigenvalue weighted by molar-refractivity contribution is 7.89. The van der Waals surface area contributed by atoms with E-state index < -0.39 is 10.0 Å². The summed E-state index contributed by atoms with van der Waals surface area (Å²) in [5, 5.41) is 5.04. The Hall–Kier alpha value is -2.52. The third kappa shape index (κ3) is 3.28. The molecule has 1 aliphatic rings. The fourth-order valence-corrected chi connectivity index (χ4v) is 4.77. The highest BCUT2D eigenvalue weighted by Crippen LogP contribution is 2.26. The van der Waals surface area contributed by atoms with E-state index >= 15 is 0 Å². The van der Waals surface area contributed by atoms with Crippen LogP contribution < -0.4 is 4.74 Å². The van der Waals surface area contributed by atoms with Gasteiger partial charge in [-0.3, -0.25) is 9.67 Å². The van der Waals surface area contributed by atoms with Crippen molar-refractivity contribution in [2.75, 3.05) is 13.1 Å². The molecular formula is C18H21N5O3S. The smallest absolute Gasteiger partial charge is 0.244 e. The molecule has 1 fully saturated rings. The van der Waals surface area contributed by atoms with Crippen LogP contribution in [0.1, 0.15) is 17.8 Å². The highest BCUT2D eigenvalue weighted by atomic mass is 32.2. The maximum Gasteiger partial charge on any atom is 0.244 e. The van der Waals surface area contributed by atoms with Gasteiger partial charge in [0.15, 0.2) is 5.65 Å². The quantitative estimate of drug-likeness (QED) is 0.678. The van der Waals surface area contributed by atoms with Gasteiger partial charge in [0.1, 0.15) is 16.7 Å². The van der Waals surface area contributed by atoms with Crippen LogP contribution in [-0.2, 0) is 17.1 Å². The lowest BCUT2D eigenvalue weighted by Crippen LogP contribution is -2.31. The molecule has 27 heavy (non-hydrogen) atoms. The average molecular weight is 387 g/mol. The normalized spacial score (nSPS) is 18.3. The Bertz CT molecular complexity index is 1090. The van der Waals surface area contributed by atoms with Crippen LogP contribution in [0.25, 0.3) is 11.0 Å². The molecule has 1 saturated heterocycles. The Morgan fingerprint density at radius 1 is 1.19 bits per heavy atom. The SMILES string of the molecule is Cc1ccc(O[C@H]2CCN(S(=O)(=O)c3cnc4c(c3)c(C)nn4C)C2)cn1. The number of pyridine rings is 2. The maximum atomic E-state index is 13.0. The van der Waals surface area contributed by atoms with E-state index in [4.69, 9.17) is 4.74 Å². The summed E-state index contributed by atoms with van der Waals surface area (Å²) in [5.41, 5.74) is 2.33. The summed E-state index contributed by atoms with van der Waals surface area (Å²) >= 11 is 0. The van der Waals surface area contributed by atoms with Crippen molar-refractivity contribution in [1.82, 2.24) is 24.1 Å². The Labute approximate surface area is 157 Å². The second-order valence-corrected chi connectivity index (χ2v) is 8.72. The molecule has 3 aromatic heterocycles. The highest BCUT2D eigenvalue weighted by Gasteiger charge is 2.34. The van der Waals surface area contributed by atoms with E-state index in [2.05, 4.69) is 15.1 Å². The van der Waals surface area contributed by atoms with Crippen molar-refractivity contribution in [2.24, 2.45) is 7.05 Å². The Morgan fingerprint density at radius 3 is 2.74 bits per heavy atom. The van der Waals surface area contributed by atoms with E-state index in [-0.39, 0.29) is 11.0 Å². The van der Waals surface area contributed by atoms with Crippen molar-refractivity contribution >= 4 is 21.1 Å². The van der Waals surface area contributed by atoms with E-state index in [0.717, 1.165) is 16.8 Å². The van der Waals surface area contributed by atoms with Gasteiger partial charge < -0.3 is 4.74 Å². The number of aromatic nitrogens is 4. The standard InChI is InChI=1S/C18H21N5O3S/c1-12-4-5-14(9-19-12)26-15-6-7-23(11-15)27(24,25)16-8-17-13(2)21-22(3)18(17)20-10-16/h4-5,8-10,15H,6-7,11H2,1-3H3/t15-/m0/s1. The monoisotopic (exact) mass is 387 g/mol. The lowest BCUT2D eigenvalue weighted by atomic mass is 10.3. The Balaban J connectivity index is 1.54. The molecule has 0 radical (unpaired) electrons. The predicted octanol–water partition coefficient (Wildman–Crippen LogP) is 1.82. The van der Waals surface area contributed by atoms with E-state index in [1.54, 1.807) is 24.0 Å². The van der Waals surface area contributed by atoms with Crippen molar-refractivity contribution in [3.8, 4) is 5.75 Å². The van der Waals surface area contributed by atoms with Crippen LogP contribution >= 0.6 is 0 Å². The van der Waals surface area contributed by atoms with E-state index in [0.29, 0.717) is 30.9 Å². The molecule has 0 spiro atoms. The summed E-state index contributed by atoms with van der Waals surface area (Å²) in [6, 6.07) is 5.37. The number of hydrogen-bond donors (Lipinski definition) is 0. The number of hydrogen-bond acceptors (Lipinski definition) is 6. The van der Waals surface area contributed by atoms with Gasteiger partial charge in [0.05, 0.1) is 18.4 Å². The largest absolute Gasteiger partial charge is 0.487 e. The maximum absolute atomic E-state index is 13.0. The van der Waals surface area contributed by atoms with Crippen LogP contribution in [0.5, 0.6) is 5.75 Å². The zero-order chi connectivity index (χ0) is 19.2. The predicted molar refractivity (Wildman–Crippen MR) is 100 cm³/mol.